The molecular formula is C24H21F3N4O3. The molecule has 3 heterocycles. The Bertz CT molecular complexity index is 1180. The van der Waals surface area contributed by atoms with Gasteiger partial charge < -0.3 is 15.4 Å². The zero-order valence-corrected chi connectivity index (χ0v) is 18.0. The van der Waals surface area contributed by atoms with Crippen molar-refractivity contribution in [3.8, 4) is 16.9 Å². The molecule has 1 aliphatic rings. The molecule has 3 aromatic rings. The van der Waals surface area contributed by atoms with Crippen molar-refractivity contribution in [2.45, 2.75) is 25.1 Å². The average molecular weight is 470 g/mol. The lowest BCUT2D eigenvalue weighted by Gasteiger charge is -2.36. The van der Waals surface area contributed by atoms with E-state index in [9.17, 15) is 22.8 Å². The zero-order chi connectivity index (χ0) is 24.3. The molecule has 2 aromatic heterocycles. The van der Waals surface area contributed by atoms with Crippen LogP contribution in [0.15, 0.2) is 61.1 Å². The van der Waals surface area contributed by atoms with Gasteiger partial charge in [-0.2, -0.15) is 13.2 Å². The number of hydrogen-bond donors (Lipinski definition) is 1. The molecular weight excluding hydrogens is 449 g/mol. The van der Waals surface area contributed by atoms with E-state index in [-0.39, 0.29) is 17.9 Å². The first kappa shape index (κ1) is 23.2. The van der Waals surface area contributed by atoms with Gasteiger partial charge in [0.05, 0.1) is 18.0 Å². The number of aromatic nitrogens is 2. The third-order valence-corrected chi connectivity index (χ3v) is 5.58. The molecule has 0 bridgehead atoms. The number of pyridine rings is 2. The van der Waals surface area contributed by atoms with E-state index in [1.54, 1.807) is 24.5 Å². The first-order chi connectivity index (χ1) is 16.2. The van der Waals surface area contributed by atoms with Crippen molar-refractivity contribution in [2.75, 3.05) is 13.2 Å². The van der Waals surface area contributed by atoms with Gasteiger partial charge >= 0.3 is 6.18 Å². The van der Waals surface area contributed by atoms with Crippen LogP contribution in [-0.4, -0.2) is 52.1 Å². The van der Waals surface area contributed by atoms with E-state index in [0.717, 1.165) is 27.8 Å². The molecule has 1 aliphatic heterocycles. The fourth-order valence-electron chi connectivity index (χ4n) is 3.90. The van der Waals surface area contributed by atoms with Gasteiger partial charge in [0.15, 0.2) is 0 Å². The van der Waals surface area contributed by atoms with E-state index >= 15 is 0 Å². The minimum atomic E-state index is -4.45. The molecule has 0 saturated heterocycles. The number of carbonyl (C=O) groups is 2. The van der Waals surface area contributed by atoms with E-state index in [2.05, 4.69) is 9.97 Å². The molecule has 0 aliphatic carbocycles. The van der Waals surface area contributed by atoms with Crippen molar-refractivity contribution in [2.24, 2.45) is 5.73 Å². The number of hydrogen-bond acceptors (Lipinski definition) is 5. The molecule has 0 radical (unpaired) electrons. The Morgan fingerprint density at radius 1 is 1.12 bits per heavy atom. The van der Waals surface area contributed by atoms with Gasteiger partial charge in [-0.15, -0.1) is 0 Å². The minimum Gasteiger partial charge on any atom is -0.491 e. The fraction of sp³-hybridized carbons (Fsp3) is 0.250. The summed E-state index contributed by atoms with van der Waals surface area (Å²) in [6.07, 6.45) is -0.863. The number of rotatable bonds is 6. The molecule has 0 saturated carbocycles. The summed E-state index contributed by atoms with van der Waals surface area (Å²) in [5.41, 5.74) is 7.66. The smallest absolute Gasteiger partial charge is 0.390 e. The first-order valence-electron chi connectivity index (χ1n) is 10.5. The normalized spacial score (nSPS) is 15.2. The second-order valence-corrected chi connectivity index (χ2v) is 7.85. The maximum atomic E-state index is 13.2. The third-order valence-electron chi connectivity index (χ3n) is 5.58. The van der Waals surface area contributed by atoms with Crippen LogP contribution in [0.1, 0.15) is 32.8 Å². The van der Waals surface area contributed by atoms with Gasteiger partial charge in [-0.1, -0.05) is 18.2 Å². The Labute approximate surface area is 193 Å². The predicted octanol–water partition coefficient (Wildman–Crippen LogP) is 3.64. The number of carbonyl (C=O) groups excluding carboxylic acids is 2. The second kappa shape index (κ2) is 9.50. The minimum absolute atomic E-state index is 0.0342. The highest BCUT2D eigenvalue weighted by Gasteiger charge is 2.35. The standard InChI is InChI=1S/C24H21F3N4O3/c25-24(26,27)8-10-31(23(33)20-7-6-16(13-30-20)22(28)32)17-11-19-18(15-3-2-9-29-12-15)4-1-5-21(19)34-14-17/h1-7,9,12-13,17H,8,10-11,14H2,(H2,28,32)/t17-/m0/s1. The number of ether oxygens (including phenoxy) is 1. The lowest BCUT2D eigenvalue weighted by molar-refractivity contribution is -0.137. The number of primary amides is 1. The summed E-state index contributed by atoms with van der Waals surface area (Å²) >= 11 is 0. The van der Waals surface area contributed by atoms with Crippen LogP contribution >= 0.6 is 0 Å². The summed E-state index contributed by atoms with van der Waals surface area (Å²) in [5, 5.41) is 0. The van der Waals surface area contributed by atoms with Crippen LogP contribution in [0.2, 0.25) is 0 Å². The Hall–Kier alpha value is -3.95. The van der Waals surface area contributed by atoms with Crippen molar-refractivity contribution in [3.63, 3.8) is 0 Å². The number of halogens is 3. The number of nitrogens with zero attached hydrogens (tertiary/aromatic N) is 3. The lowest BCUT2D eigenvalue weighted by atomic mass is 9.92. The Morgan fingerprint density at radius 3 is 2.59 bits per heavy atom. The highest BCUT2D eigenvalue weighted by molar-refractivity contribution is 5.95. The fourth-order valence-corrected chi connectivity index (χ4v) is 3.90. The topological polar surface area (TPSA) is 98.4 Å². The van der Waals surface area contributed by atoms with Crippen LogP contribution in [0.25, 0.3) is 11.1 Å². The Balaban J connectivity index is 1.65. The summed E-state index contributed by atoms with van der Waals surface area (Å²) in [4.78, 5) is 33.7. The van der Waals surface area contributed by atoms with Crippen LogP contribution in [0, 0.1) is 0 Å². The van der Waals surface area contributed by atoms with Gasteiger partial charge in [0, 0.05) is 42.7 Å². The van der Waals surface area contributed by atoms with Gasteiger partial charge in [0.25, 0.3) is 5.91 Å². The van der Waals surface area contributed by atoms with Crippen LogP contribution in [0.5, 0.6) is 5.75 Å². The number of benzene rings is 1. The Kier molecular flexibility index (Phi) is 6.49. The van der Waals surface area contributed by atoms with Crippen molar-refractivity contribution in [1.29, 1.82) is 0 Å². The second-order valence-electron chi connectivity index (χ2n) is 7.85. The zero-order valence-electron chi connectivity index (χ0n) is 18.0. The molecule has 2 amide bonds. The highest BCUT2D eigenvalue weighted by atomic mass is 19.4. The molecule has 0 unspecified atom stereocenters. The van der Waals surface area contributed by atoms with Gasteiger partial charge in [-0.3, -0.25) is 19.6 Å². The predicted molar refractivity (Wildman–Crippen MR) is 117 cm³/mol. The average Bonchev–Trinajstić information content (AvgIpc) is 2.83. The molecule has 1 atom stereocenters. The van der Waals surface area contributed by atoms with Crippen molar-refractivity contribution >= 4 is 11.8 Å². The molecule has 0 fully saturated rings. The largest absolute Gasteiger partial charge is 0.491 e. The SMILES string of the molecule is NC(=O)c1ccc(C(=O)N(CCC(F)(F)F)[C@@H]2COc3cccc(-c4cccnc4)c3C2)nc1. The van der Waals surface area contributed by atoms with Crippen LogP contribution in [-0.2, 0) is 6.42 Å². The number of alkyl halides is 3. The summed E-state index contributed by atoms with van der Waals surface area (Å²) in [7, 11) is 0. The third kappa shape index (κ3) is 5.16. The molecule has 2 N–H and O–H groups in total. The van der Waals surface area contributed by atoms with Gasteiger partial charge in [0.1, 0.15) is 18.1 Å². The van der Waals surface area contributed by atoms with Crippen LogP contribution in [0.3, 0.4) is 0 Å². The van der Waals surface area contributed by atoms with E-state index in [0.29, 0.717) is 12.2 Å². The molecule has 0 spiro atoms. The molecule has 10 heteroatoms. The molecule has 34 heavy (non-hydrogen) atoms. The van der Waals surface area contributed by atoms with E-state index < -0.39 is 37.0 Å². The summed E-state index contributed by atoms with van der Waals surface area (Å²) in [6, 6.07) is 11.1. The Morgan fingerprint density at radius 2 is 1.94 bits per heavy atom. The highest BCUT2D eigenvalue weighted by Crippen LogP contribution is 2.35. The molecule has 7 nitrogen and oxygen atoms in total. The maximum Gasteiger partial charge on any atom is 0.390 e. The van der Waals surface area contributed by atoms with E-state index in [1.165, 1.54) is 12.1 Å². The molecule has 176 valence electrons. The van der Waals surface area contributed by atoms with Gasteiger partial charge in [-0.25, -0.2) is 0 Å². The molecule has 4 rings (SSSR count). The maximum absolute atomic E-state index is 13.2. The van der Waals surface area contributed by atoms with Gasteiger partial charge in [-0.05, 0) is 29.8 Å². The van der Waals surface area contributed by atoms with Crippen LogP contribution < -0.4 is 10.5 Å². The lowest BCUT2D eigenvalue weighted by Crippen LogP contribution is -2.48. The van der Waals surface area contributed by atoms with Crippen molar-refractivity contribution in [1.82, 2.24) is 14.9 Å². The van der Waals surface area contributed by atoms with Crippen molar-refractivity contribution < 1.29 is 27.5 Å². The van der Waals surface area contributed by atoms with Crippen molar-refractivity contribution in [3.05, 3.63) is 77.9 Å². The number of amides is 2. The van der Waals surface area contributed by atoms with E-state index in [1.807, 2.05) is 18.2 Å². The summed E-state index contributed by atoms with van der Waals surface area (Å²) in [5.74, 6) is -0.790. The van der Waals surface area contributed by atoms with Crippen LogP contribution in [0.4, 0.5) is 13.2 Å². The number of fused-ring (bicyclic) bond motifs is 1. The molecule has 1 aromatic carbocycles. The first-order valence-corrected chi connectivity index (χ1v) is 10.5. The monoisotopic (exact) mass is 470 g/mol. The quantitative estimate of drug-likeness (QED) is 0.593. The number of nitrogens with two attached hydrogens (primary N) is 1. The summed E-state index contributed by atoms with van der Waals surface area (Å²) < 4.78 is 45.1. The van der Waals surface area contributed by atoms with Gasteiger partial charge in [0.2, 0.25) is 5.91 Å². The van der Waals surface area contributed by atoms with E-state index in [4.69, 9.17) is 10.5 Å². The summed E-state index contributed by atoms with van der Waals surface area (Å²) in [6.45, 7) is -0.521.